The van der Waals surface area contributed by atoms with Crippen LogP contribution in [0.2, 0.25) is 0 Å². The van der Waals surface area contributed by atoms with Gasteiger partial charge in [0.15, 0.2) is 0 Å². The molecule has 1 atom stereocenters. The summed E-state index contributed by atoms with van der Waals surface area (Å²) in [4.78, 5) is 32.4. The van der Waals surface area contributed by atoms with Crippen LogP contribution in [0, 0.1) is 0 Å². The third-order valence-corrected chi connectivity index (χ3v) is 3.82. The van der Waals surface area contributed by atoms with Crippen LogP contribution in [0.5, 0.6) is 5.75 Å². The van der Waals surface area contributed by atoms with E-state index in [1.165, 1.54) is 0 Å². The van der Waals surface area contributed by atoms with Crippen LogP contribution in [0.15, 0.2) is 64.6 Å². The number of guanidine groups is 2. The molecule has 0 fully saturated rings. The molecule has 0 saturated heterocycles. The van der Waals surface area contributed by atoms with Gasteiger partial charge in [0.05, 0.1) is 13.5 Å². The summed E-state index contributed by atoms with van der Waals surface area (Å²) in [6, 6.07) is 15.3. The maximum atomic E-state index is 12.2. The number of nitrogens with zero attached hydrogens (tertiary/aromatic N) is 2. The molecule has 28 heavy (non-hydrogen) atoms. The second kappa shape index (κ2) is 8.67. The number of amides is 2. The van der Waals surface area contributed by atoms with Gasteiger partial charge in [0.1, 0.15) is 11.8 Å². The average Bonchev–Trinajstić information content (AvgIpc) is 3.01. The summed E-state index contributed by atoms with van der Waals surface area (Å²) in [5, 5.41) is 8.11. The van der Waals surface area contributed by atoms with Crippen LogP contribution in [0.1, 0.15) is 6.42 Å². The number of para-hydroxylation sites is 1. The highest BCUT2D eigenvalue weighted by Gasteiger charge is 2.28. The largest absolute Gasteiger partial charge is 0.497 e. The van der Waals surface area contributed by atoms with Gasteiger partial charge in [-0.05, 0) is 24.3 Å². The smallest absolute Gasteiger partial charge is 0.252 e. The molecule has 1 heterocycles. The zero-order valence-electron chi connectivity index (χ0n) is 15.2. The number of benzene rings is 2. The SMILES string of the molecule is COc1cccc(NC(=O)CC2N=C(/N=C(\N)Nc3ccccc3)NC2=O)c1. The van der Waals surface area contributed by atoms with E-state index in [1.54, 1.807) is 31.4 Å². The number of hydrogen-bond donors (Lipinski definition) is 4. The van der Waals surface area contributed by atoms with E-state index in [0.717, 1.165) is 5.69 Å². The van der Waals surface area contributed by atoms with E-state index in [2.05, 4.69) is 25.9 Å². The topological polar surface area (TPSA) is 130 Å². The van der Waals surface area contributed by atoms with Crippen LogP contribution in [0.3, 0.4) is 0 Å². The van der Waals surface area contributed by atoms with Crippen LogP contribution in [0.25, 0.3) is 0 Å². The zero-order valence-corrected chi connectivity index (χ0v) is 15.2. The van der Waals surface area contributed by atoms with E-state index in [4.69, 9.17) is 10.5 Å². The lowest BCUT2D eigenvalue weighted by atomic mass is 10.2. The first-order valence-electron chi connectivity index (χ1n) is 8.52. The van der Waals surface area contributed by atoms with Crippen molar-refractivity contribution in [1.29, 1.82) is 0 Å². The minimum atomic E-state index is -0.867. The number of nitrogens with two attached hydrogens (primary N) is 1. The van der Waals surface area contributed by atoms with Gasteiger partial charge in [-0.15, -0.1) is 0 Å². The van der Waals surface area contributed by atoms with Gasteiger partial charge in [0.2, 0.25) is 17.8 Å². The third kappa shape index (κ3) is 5.07. The van der Waals surface area contributed by atoms with Gasteiger partial charge in [-0.3, -0.25) is 14.9 Å². The molecule has 2 aromatic rings. The molecule has 0 aromatic heterocycles. The number of carbonyl (C=O) groups is 2. The zero-order chi connectivity index (χ0) is 19.9. The molecule has 2 aromatic carbocycles. The maximum Gasteiger partial charge on any atom is 0.252 e. The molecule has 0 spiro atoms. The van der Waals surface area contributed by atoms with Crippen molar-refractivity contribution in [2.45, 2.75) is 12.5 Å². The summed E-state index contributed by atoms with van der Waals surface area (Å²) in [6.07, 6.45) is -0.117. The predicted molar refractivity (Wildman–Crippen MR) is 107 cm³/mol. The van der Waals surface area contributed by atoms with Crippen molar-refractivity contribution in [2.75, 3.05) is 17.7 Å². The summed E-state index contributed by atoms with van der Waals surface area (Å²) < 4.78 is 5.11. The van der Waals surface area contributed by atoms with Crippen molar-refractivity contribution >= 4 is 35.1 Å². The normalized spacial score (nSPS) is 16.2. The monoisotopic (exact) mass is 380 g/mol. The summed E-state index contributed by atoms with van der Waals surface area (Å²) in [7, 11) is 1.54. The molecule has 9 heteroatoms. The van der Waals surface area contributed by atoms with Crippen LogP contribution < -0.4 is 26.4 Å². The number of hydrogen-bond acceptors (Lipinski definition) is 5. The van der Waals surface area contributed by atoms with Crippen molar-refractivity contribution in [3.8, 4) is 5.75 Å². The van der Waals surface area contributed by atoms with Crippen molar-refractivity contribution in [3.63, 3.8) is 0 Å². The first-order chi connectivity index (χ1) is 13.5. The van der Waals surface area contributed by atoms with Crippen LogP contribution >= 0.6 is 0 Å². The minimum Gasteiger partial charge on any atom is -0.497 e. The summed E-state index contributed by atoms with van der Waals surface area (Å²) in [5.74, 6) is -0.00546. The molecule has 144 valence electrons. The fraction of sp³-hybridized carbons (Fsp3) is 0.158. The standard InChI is InChI=1S/C19H20N6O3/c1-28-14-9-5-8-13(10-14)21-16(26)11-15-17(27)24-19(23-15)25-18(20)22-12-6-3-2-4-7-12/h2-10,15H,11H2,1H3,(H,21,26)(H4,20,22,23,24,25,27). The quantitative estimate of drug-likeness (QED) is 0.459. The lowest BCUT2D eigenvalue weighted by Crippen LogP contribution is -2.32. The molecular weight excluding hydrogens is 360 g/mol. The molecule has 0 saturated carbocycles. The van der Waals surface area contributed by atoms with Gasteiger partial charge in [0.25, 0.3) is 5.91 Å². The Morgan fingerprint density at radius 1 is 1.18 bits per heavy atom. The Balaban J connectivity index is 1.59. The fourth-order valence-electron chi connectivity index (χ4n) is 2.53. The number of nitrogens with one attached hydrogen (secondary N) is 3. The maximum absolute atomic E-state index is 12.2. The average molecular weight is 380 g/mol. The molecule has 2 amide bonds. The lowest BCUT2D eigenvalue weighted by Gasteiger charge is -2.08. The van der Waals surface area contributed by atoms with Gasteiger partial charge >= 0.3 is 0 Å². The van der Waals surface area contributed by atoms with Crippen molar-refractivity contribution in [1.82, 2.24) is 5.32 Å². The molecule has 0 aliphatic carbocycles. The van der Waals surface area contributed by atoms with E-state index in [9.17, 15) is 9.59 Å². The molecular formula is C19H20N6O3. The molecule has 1 unspecified atom stereocenters. The van der Waals surface area contributed by atoms with Crippen molar-refractivity contribution in [2.24, 2.45) is 15.7 Å². The molecule has 1 aliphatic rings. The Morgan fingerprint density at radius 3 is 2.68 bits per heavy atom. The van der Waals surface area contributed by atoms with Gasteiger partial charge in [-0.2, -0.15) is 4.99 Å². The molecule has 9 nitrogen and oxygen atoms in total. The number of methoxy groups -OCH3 is 1. The Morgan fingerprint density at radius 2 is 1.93 bits per heavy atom. The number of ether oxygens (including phenoxy) is 1. The van der Waals surface area contributed by atoms with Crippen LogP contribution in [-0.2, 0) is 9.59 Å². The predicted octanol–water partition coefficient (Wildman–Crippen LogP) is 1.30. The Bertz CT molecular complexity index is 926. The first-order valence-corrected chi connectivity index (χ1v) is 8.52. The Kier molecular flexibility index (Phi) is 5.85. The fourth-order valence-corrected chi connectivity index (χ4v) is 2.53. The molecule has 0 radical (unpaired) electrons. The Labute approximate surface area is 161 Å². The first kappa shape index (κ1) is 18.9. The second-order valence-electron chi connectivity index (χ2n) is 5.93. The van der Waals surface area contributed by atoms with Gasteiger partial charge in [-0.1, -0.05) is 24.3 Å². The summed E-state index contributed by atoms with van der Waals surface area (Å²) >= 11 is 0. The third-order valence-electron chi connectivity index (χ3n) is 3.82. The highest BCUT2D eigenvalue weighted by molar-refractivity contribution is 6.11. The van der Waals surface area contributed by atoms with Gasteiger partial charge in [-0.25, -0.2) is 4.99 Å². The Hall–Kier alpha value is -3.88. The number of rotatable bonds is 5. The second-order valence-corrected chi connectivity index (χ2v) is 5.93. The highest BCUT2D eigenvalue weighted by Crippen LogP contribution is 2.17. The molecule has 1 aliphatic heterocycles. The summed E-state index contributed by atoms with van der Waals surface area (Å²) in [6.45, 7) is 0. The van der Waals surface area contributed by atoms with Crippen LogP contribution in [0.4, 0.5) is 11.4 Å². The molecule has 3 rings (SSSR count). The van der Waals surface area contributed by atoms with Crippen molar-refractivity contribution < 1.29 is 14.3 Å². The minimum absolute atomic E-state index is 0.0603. The summed E-state index contributed by atoms with van der Waals surface area (Å²) in [5.41, 5.74) is 7.15. The number of aliphatic imine (C=N–C) groups is 2. The van der Waals surface area contributed by atoms with Crippen LogP contribution in [-0.4, -0.2) is 36.9 Å². The number of anilines is 2. The van der Waals surface area contributed by atoms with E-state index >= 15 is 0 Å². The number of carbonyl (C=O) groups excluding carboxylic acids is 2. The highest BCUT2D eigenvalue weighted by atomic mass is 16.5. The van der Waals surface area contributed by atoms with Crippen molar-refractivity contribution in [3.05, 3.63) is 54.6 Å². The van der Waals surface area contributed by atoms with Gasteiger partial charge < -0.3 is 21.1 Å². The molecule has 0 bridgehead atoms. The molecule has 5 N–H and O–H groups in total. The lowest BCUT2D eigenvalue weighted by molar-refractivity contribution is -0.123. The van der Waals surface area contributed by atoms with E-state index in [1.807, 2.05) is 30.3 Å². The van der Waals surface area contributed by atoms with E-state index < -0.39 is 11.9 Å². The van der Waals surface area contributed by atoms with Gasteiger partial charge in [0, 0.05) is 17.4 Å². The van der Waals surface area contributed by atoms with E-state index in [0.29, 0.717) is 11.4 Å². The van der Waals surface area contributed by atoms with E-state index in [-0.39, 0.29) is 24.2 Å².